The minimum atomic E-state index is -0.298. The molecular weight excluding hydrogens is 222 g/mol. The lowest BCUT2D eigenvalue weighted by molar-refractivity contribution is 0.638. The van der Waals surface area contributed by atoms with E-state index in [1.807, 2.05) is 0 Å². The van der Waals surface area contributed by atoms with Gasteiger partial charge in [-0.15, -0.1) is 22.7 Å². The molecule has 2 aromatic heterocycles. The van der Waals surface area contributed by atoms with E-state index in [0.717, 1.165) is 0 Å². The van der Waals surface area contributed by atoms with Crippen LogP contribution in [0.25, 0.3) is 20.2 Å². The number of benzene rings is 1. The molecule has 0 saturated heterocycles. The predicted molar refractivity (Wildman–Crippen MR) is 57.1 cm³/mol. The summed E-state index contributed by atoms with van der Waals surface area (Å²) in [6.07, 6.45) is 0. The highest BCUT2D eigenvalue weighted by molar-refractivity contribution is 7.18. The summed E-state index contributed by atoms with van der Waals surface area (Å²) in [6, 6.07) is 3.25. The Hall–Kier alpha value is -1.00. The lowest BCUT2D eigenvalue weighted by Crippen LogP contribution is -1.81. The summed E-state index contributed by atoms with van der Waals surface area (Å²) in [4.78, 5) is 0. The first-order chi connectivity index (χ1) is 6.79. The Balaban J connectivity index is 2.72. The van der Waals surface area contributed by atoms with E-state index in [1.54, 1.807) is 22.9 Å². The summed E-state index contributed by atoms with van der Waals surface area (Å²) in [5.41, 5.74) is 0. The number of fused-ring (bicyclic) bond motifs is 2. The Bertz CT molecular complexity index is 519. The number of rotatable bonds is 0. The van der Waals surface area contributed by atoms with Crippen LogP contribution in [-0.2, 0) is 0 Å². The Morgan fingerprint density at radius 1 is 0.786 bits per heavy atom. The van der Waals surface area contributed by atoms with Crippen molar-refractivity contribution in [1.82, 2.24) is 0 Å². The molecule has 0 N–H and O–H groups in total. The minimum Gasteiger partial charge on any atom is -0.205 e. The van der Waals surface area contributed by atoms with Crippen molar-refractivity contribution < 1.29 is 8.78 Å². The van der Waals surface area contributed by atoms with Crippen molar-refractivity contribution in [3.63, 3.8) is 0 Å². The molecule has 0 amide bonds. The molecule has 70 valence electrons. The molecule has 14 heavy (non-hydrogen) atoms. The molecule has 0 saturated carbocycles. The van der Waals surface area contributed by atoms with E-state index in [1.165, 1.54) is 22.7 Å². The molecular formula is C10H4F2S2. The Morgan fingerprint density at radius 2 is 1.21 bits per heavy atom. The lowest BCUT2D eigenvalue weighted by atomic mass is 10.2. The molecule has 0 radical (unpaired) electrons. The standard InChI is InChI=1S/C10H4F2S2/c11-7-5-1-3-13-9(5)8(12)6-2-4-14-10(6)7/h1-4H. The quantitative estimate of drug-likeness (QED) is 0.533. The van der Waals surface area contributed by atoms with Crippen LogP contribution in [0.15, 0.2) is 22.9 Å². The highest BCUT2D eigenvalue weighted by Crippen LogP contribution is 2.36. The fraction of sp³-hybridized carbons (Fsp3) is 0. The molecule has 1 aromatic carbocycles. The largest absolute Gasteiger partial charge is 0.205 e. The maximum atomic E-state index is 13.8. The molecule has 0 nitrogen and oxygen atoms in total. The maximum Gasteiger partial charge on any atom is 0.149 e. The average Bonchev–Trinajstić information content (AvgIpc) is 2.82. The van der Waals surface area contributed by atoms with E-state index in [0.29, 0.717) is 20.2 Å². The van der Waals surface area contributed by atoms with Crippen molar-refractivity contribution in [2.24, 2.45) is 0 Å². The first-order valence-corrected chi connectivity index (χ1v) is 5.76. The molecule has 0 atom stereocenters. The molecule has 2 heterocycles. The van der Waals surface area contributed by atoms with Gasteiger partial charge in [-0.25, -0.2) is 8.78 Å². The van der Waals surface area contributed by atoms with Gasteiger partial charge in [0.05, 0.1) is 9.40 Å². The third kappa shape index (κ3) is 0.898. The third-order valence-corrected chi connectivity index (χ3v) is 4.02. The lowest BCUT2D eigenvalue weighted by Gasteiger charge is -1.97. The number of hydrogen-bond donors (Lipinski definition) is 0. The van der Waals surface area contributed by atoms with Crippen LogP contribution < -0.4 is 0 Å². The van der Waals surface area contributed by atoms with Crippen LogP contribution in [0.1, 0.15) is 0 Å². The average molecular weight is 226 g/mol. The molecule has 3 aromatic rings. The molecule has 0 unspecified atom stereocenters. The van der Waals surface area contributed by atoms with Gasteiger partial charge in [-0.1, -0.05) is 0 Å². The van der Waals surface area contributed by atoms with Gasteiger partial charge in [0, 0.05) is 10.8 Å². The van der Waals surface area contributed by atoms with Crippen LogP contribution in [0.4, 0.5) is 8.78 Å². The zero-order chi connectivity index (χ0) is 9.71. The summed E-state index contributed by atoms with van der Waals surface area (Å²) < 4.78 is 28.3. The molecule has 0 fully saturated rings. The number of halogens is 2. The molecule has 0 aliphatic carbocycles. The Kier molecular flexibility index (Phi) is 1.63. The highest BCUT2D eigenvalue weighted by atomic mass is 32.1. The summed E-state index contributed by atoms with van der Waals surface area (Å²) in [5, 5.41) is 4.20. The number of thiophene rings is 2. The van der Waals surface area contributed by atoms with E-state index in [4.69, 9.17) is 0 Å². The number of hydrogen-bond acceptors (Lipinski definition) is 2. The molecule has 0 bridgehead atoms. The van der Waals surface area contributed by atoms with Crippen LogP contribution >= 0.6 is 22.7 Å². The normalized spacial score (nSPS) is 11.6. The van der Waals surface area contributed by atoms with Crippen molar-refractivity contribution >= 4 is 42.8 Å². The fourth-order valence-electron chi connectivity index (χ4n) is 1.55. The first kappa shape index (κ1) is 8.32. The fourth-order valence-corrected chi connectivity index (χ4v) is 3.23. The van der Waals surface area contributed by atoms with Crippen LogP contribution in [0.2, 0.25) is 0 Å². The topological polar surface area (TPSA) is 0 Å². The van der Waals surface area contributed by atoms with E-state index in [9.17, 15) is 8.78 Å². The van der Waals surface area contributed by atoms with Gasteiger partial charge < -0.3 is 0 Å². The van der Waals surface area contributed by atoms with Gasteiger partial charge in [0.2, 0.25) is 0 Å². The molecule has 4 heteroatoms. The van der Waals surface area contributed by atoms with Crippen molar-refractivity contribution in [3.8, 4) is 0 Å². The van der Waals surface area contributed by atoms with Crippen molar-refractivity contribution in [1.29, 1.82) is 0 Å². The van der Waals surface area contributed by atoms with Crippen molar-refractivity contribution in [2.75, 3.05) is 0 Å². The van der Waals surface area contributed by atoms with E-state index in [-0.39, 0.29) is 11.6 Å². The van der Waals surface area contributed by atoms with E-state index < -0.39 is 0 Å². The molecule has 0 aliphatic heterocycles. The Labute approximate surface area is 86.4 Å². The first-order valence-electron chi connectivity index (χ1n) is 4.00. The molecule has 0 aliphatic rings. The predicted octanol–water partition coefficient (Wildman–Crippen LogP) is 4.39. The third-order valence-electron chi connectivity index (χ3n) is 2.20. The summed E-state index contributed by atoms with van der Waals surface area (Å²) >= 11 is 2.47. The van der Waals surface area contributed by atoms with Gasteiger partial charge in [0.15, 0.2) is 0 Å². The second-order valence-electron chi connectivity index (χ2n) is 2.95. The maximum absolute atomic E-state index is 13.8. The minimum absolute atomic E-state index is 0.298. The van der Waals surface area contributed by atoms with E-state index in [2.05, 4.69) is 0 Å². The van der Waals surface area contributed by atoms with Crippen LogP contribution in [-0.4, -0.2) is 0 Å². The monoisotopic (exact) mass is 226 g/mol. The zero-order valence-corrected chi connectivity index (χ0v) is 8.51. The molecule has 0 spiro atoms. The zero-order valence-electron chi connectivity index (χ0n) is 6.88. The summed E-state index contributed by atoms with van der Waals surface area (Å²) in [7, 11) is 0. The smallest absolute Gasteiger partial charge is 0.149 e. The van der Waals surface area contributed by atoms with Gasteiger partial charge in [-0.2, -0.15) is 0 Å². The van der Waals surface area contributed by atoms with Crippen molar-refractivity contribution in [2.45, 2.75) is 0 Å². The van der Waals surface area contributed by atoms with Gasteiger partial charge in [-0.05, 0) is 22.9 Å². The van der Waals surface area contributed by atoms with E-state index >= 15 is 0 Å². The second-order valence-corrected chi connectivity index (χ2v) is 4.79. The van der Waals surface area contributed by atoms with Gasteiger partial charge in [0.1, 0.15) is 11.6 Å². The Morgan fingerprint density at radius 3 is 1.64 bits per heavy atom. The summed E-state index contributed by atoms with van der Waals surface area (Å²) in [6.45, 7) is 0. The van der Waals surface area contributed by atoms with Crippen molar-refractivity contribution in [3.05, 3.63) is 34.5 Å². The van der Waals surface area contributed by atoms with Crippen LogP contribution in [0.3, 0.4) is 0 Å². The SMILES string of the molecule is Fc1c2ccsc2c(F)c2ccsc12. The van der Waals surface area contributed by atoms with Gasteiger partial charge in [-0.3, -0.25) is 0 Å². The second kappa shape index (κ2) is 2.74. The molecule has 3 rings (SSSR count). The van der Waals surface area contributed by atoms with Gasteiger partial charge in [0.25, 0.3) is 0 Å². The summed E-state index contributed by atoms with van der Waals surface area (Å²) in [5.74, 6) is -0.597. The highest BCUT2D eigenvalue weighted by Gasteiger charge is 2.15. The van der Waals surface area contributed by atoms with Gasteiger partial charge >= 0.3 is 0 Å². The van der Waals surface area contributed by atoms with Crippen LogP contribution in [0.5, 0.6) is 0 Å². The van der Waals surface area contributed by atoms with Crippen LogP contribution in [0, 0.1) is 11.6 Å².